The molecule has 0 saturated carbocycles. The summed E-state index contributed by atoms with van der Waals surface area (Å²) in [5.74, 6) is 0. The Morgan fingerprint density at radius 3 is 1.00 bits per heavy atom. The molecule has 108 valence electrons. The zero-order valence-corrected chi connectivity index (χ0v) is 13.2. The SMILES string of the molecule is C=P(c1ccccc1)(c1ccccc1)c1ccccc1.[C-]#N. The van der Waals surface area contributed by atoms with E-state index in [1.165, 1.54) is 15.9 Å². The fourth-order valence-electron chi connectivity index (χ4n) is 2.49. The van der Waals surface area contributed by atoms with Crippen LogP contribution in [-0.2, 0) is 0 Å². The number of hydrogen-bond acceptors (Lipinski definition) is 1. The number of hydrogen-bond donors (Lipinski definition) is 0. The van der Waals surface area contributed by atoms with E-state index in [4.69, 9.17) is 18.1 Å². The minimum Gasteiger partial charge on any atom is -0.512 e. The second-order valence-electron chi connectivity index (χ2n) is 4.82. The standard InChI is InChI=1S/C19H17P.CN/c1-20(17-11-5-2-6-12-17,18-13-7-3-8-14-18)19-15-9-4-10-16-19;1-2/h2-16H,1H2;/q;-1. The fraction of sp³-hybridized carbons (Fsp3) is 0. The van der Waals surface area contributed by atoms with Gasteiger partial charge in [0.25, 0.3) is 0 Å². The molecule has 0 atom stereocenters. The van der Waals surface area contributed by atoms with Crippen LogP contribution in [0.15, 0.2) is 91.0 Å². The Balaban J connectivity index is 0.000000847. The van der Waals surface area contributed by atoms with E-state index in [1.54, 1.807) is 0 Å². The molecule has 0 aliphatic carbocycles. The van der Waals surface area contributed by atoms with Crippen molar-refractivity contribution in [2.24, 2.45) is 0 Å². The molecule has 0 fully saturated rings. The molecule has 1 nitrogen and oxygen atoms in total. The maximum Gasteiger partial charge on any atom is -0.0166 e. The summed E-state index contributed by atoms with van der Waals surface area (Å²) in [4.78, 5) is 0. The van der Waals surface area contributed by atoms with E-state index in [2.05, 4.69) is 91.0 Å². The predicted octanol–water partition coefficient (Wildman–Crippen LogP) is 3.51. The van der Waals surface area contributed by atoms with E-state index >= 15 is 0 Å². The summed E-state index contributed by atoms with van der Waals surface area (Å²) in [6.07, 6.45) is 4.69. The normalized spacial score (nSPS) is 10.3. The molecular formula is C20H17NP-. The maximum atomic E-state index is 6.25. The third-order valence-corrected chi connectivity index (χ3v) is 7.13. The lowest BCUT2D eigenvalue weighted by molar-refractivity contribution is 1.53. The average Bonchev–Trinajstić information content (AvgIpc) is 2.65. The van der Waals surface area contributed by atoms with Crippen LogP contribution in [0.25, 0.3) is 0 Å². The van der Waals surface area contributed by atoms with Gasteiger partial charge in [0, 0.05) is 0 Å². The van der Waals surface area contributed by atoms with Gasteiger partial charge in [0.05, 0.1) is 0 Å². The first kappa shape index (κ1) is 15.8. The highest BCUT2D eigenvalue weighted by atomic mass is 31.2. The highest BCUT2D eigenvalue weighted by Crippen LogP contribution is 2.41. The van der Waals surface area contributed by atoms with Crippen molar-refractivity contribution >= 4 is 29.1 Å². The van der Waals surface area contributed by atoms with Crippen molar-refractivity contribution in [1.29, 1.82) is 5.26 Å². The molecule has 0 aromatic heterocycles. The Bertz CT molecular complexity index is 658. The summed E-state index contributed by atoms with van der Waals surface area (Å²) < 4.78 is 0. The molecule has 3 aromatic rings. The number of benzene rings is 3. The molecule has 3 rings (SSSR count). The van der Waals surface area contributed by atoms with Gasteiger partial charge in [-0.1, -0.05) is 97.3 Å². The highest BCUT2D eigenvalue weighted by molar-refractivity contribution is 7.93. The van der Waals surface area contributed by atoms with Crippen molar-refractivity contribution in [1.82, 2.24) is 0 Å². The van der Waals surface area contributed by atoms with Crippen molar-refractivity contribution in [3.63, 3.8) is 0 Å². The van der Waals surface area contributed by atoms with Crippen LogP contribution >= 0.6 is 6.89 Å². The summed E-state index contributed by atoms with van der Waals surface area (Å²) in [5.41, 5.74) is 0. The van der Waals surface area contributed by atoms with E-state index in [0.717, 1.165) is 0 Å². The van der Waals surface area contributed by atoms with Gasteiger partial charge in [0.2, 0.25) is 0 Å². The first-order valence-electron chi connectivity index (χ1n) is 6.94. The van der Waals surface area contributed by atoms with Gasteiger partial charge < -0.3 is 11.8 Å². The molecule has 0 saturated heterocycles. The zero-order valence-electron chi connectivity index (χ0n) is 12.3. The topological polar surface area (TPSA) is 23.8 Å². The van der Waals surface area contributed by atoms with Crippen LogP contribution < -0.4 is 15.9 Å². The molecule has 0 aliphatic heterocycles. The summed E-state index contributed by atoms with van der Waals surface area (Å²) >= 11 is 0. The molecule has 0 N–H and O–H groups in total. The Kier molecular flexibility index (Phi) is 5.37. The molecule has 0 unspecified atom stereocenters. The summed E-state index contributed by atoms with van der Waals surface area (Å²) in [6.45, 7) is 2.97. The van der Waals surface area contributed by atoms with Gasteiger partial charge in [-0.05, 0) is 22.8 Å². The van der Waals surface area contributed by atoms with Gasteiger partial charge >= 0.3 is 0 Å². The van der Waals surface area contributed by atoms with Crippen LogP contribution in [0.2, 0.25) is 0 Å². The lowest BCUT2D eigenvalue weighted by Gasteiger charge is -2.26. The molecular weight excluding hydrogens is 285 g/mol. The average molecular weight is 302 g/mol. The van der Waals surface area contributed by atoms with Gasteiger partial charge in [-0.2, -0.15) is 0 Å². The molecule has 3 aromatic carbocycles. The minimum atomic E-state index is -1.78. The fourth-order valence-corrected chi connectivity index (χ4v) is 5.43. The molecule has 0 heterocycles. The van der Waals surface area contributed by atoms with E-state index in [-0.39, 0.29) is 0 Å². The Labute approximate surface area is 132 Å². The van der Waals surface area contributed by atoms with Gasteiger partial charge in [0.1, 0.15) is 0 Å². The monoisotopic (exact) mass is 302 g/mol. The Morgan fingerprint density at radius 1 is 0.545 bits per heavy atom. The minimum absolute atomic E-state index is 1.32. The zero-order chi connectivity index (χ0) is 15.8. The smallest absolute Gasteiger partial charge is 0.0166 e. The van der Waals surface area contributed by atoms with Crippen molar-refractivity contribution in [2.45, 2.75) is 0 Å². The largest absolute Gasteiger partial charge is 0.512 e. The first-order valence-corrected chi connectivity index (χ1v) is 8.92. The predicted molar refractivity (Wildman–Crippen MR) is 97.2 cm³/mol. The third kappa shape index (κ3) is 3.03. The van der Waals surface area contributed by atoms with Crippen LogP contribution in [0.1, 0.15) is 0 Å². The van der Waals surface area contributed by atoms with E-state index < -0.39 is 6.89 Å². The van der Waals surface area contributed by atoms with Gasteiger partial charge in [-0.25, -0.2) is 0 Å². The lowest BCUT2D eigenvalue weighted by Crippen LogP contribution is -2.25. The lowest BCUT2D eigenvalue weighted by atomic mass is 10.4. The molecule has 0 radical (unpaired) electrons. The van der Waals surface area contributed by atoms with Gasteiger partial charge in [-0.3, -0.25) is 0 Å². The number of rotatable bonds is 3. The molecule has 0 bridgehead atoms. The van der Waals surface area contributed by atoms with E-state index in [1.807, 2.05) is 0 Å². The molecule has 0 amide bonds. The summed E-state index contributed by atoms with van der Waals surface area (Å²) in [5, 5.41) is 10.2. The molecule has 0 spiro atoms. The second-order valence-corrected chi connectivity index (χ2v) is 7.99. The van der Waals surface area contributed by atoms with Crippen molar-refractivity contribution in [3.05, 3.63) is 97.6 Å². The van der Waals surface area contributed by atoms with Crippen LogP contribution in [0.3, 0.4) is 0 Å². The quantitative estimate of drug-likeness (QED) is 0.536. The van der Waals surface area contributed by atoms with Crippen molar-refractivity contribution in [3.8, 4) is 0 Å². The molecule has 22 heavy (non-hydrogen) atoms. The van der Waals surface area contributed by atoms with Gasteiger partial charge in [0.15, 0.2) is 0 Å². The highest BCUT2D eigenvalue weighted by Gasteiger charge is 2.21. The first-order chi connectivity index (χ1) is 10.8. The van der Waals surface area contributed by atoms with E-state index in [0.29, 0.717) is 0 Å². The maximum absolute atomic E-state index is 6.25. The summed E-state index contributed by atoms with van der Waals surface area (Å²) in [6, 6.07) is 31.9. The molecule has 0 aliphatic rings. The third-order valence-electron chi connectivity index (χ3n) is 3.59. The van der Waals surface area contributed by atoms with Crippen LogP contribution in [-0.4, -0.2) is 6.30 Å². The van der Waals surface area contributed by atoms with E-state index in [9.17, 15) is 0 Å². The summed E-state index contributed by atoms with van der Waals surface area (Å²) in [7, 11) is 0. The van der Waals surface area contributed by atoms with Crippen molar-refractivity contribution in [2.75, 3.05) is 0 Å². The van der Waals surface area contributed by atoms with Crippen LogP contribution in [0.5, 0.6) is 0 Å². The van der Waals surface area contributed by atoms with Crippen LogP contribution in [0, 0.1) is 11.8 Å². The Morgan fingerprint density at radius 2 is 0.773 bits per heavy atom. The molecule has 2 heteroatoms. The van der Waals surface area contributed by atoms with Gasteiger partial charge in [-0.15, -0.1) is 0 Å². The Hall–Kier alpha value is -2.55. The second kappa shape index (κ2) is 7.46. The van der Waals surface area contributed by atoms with Crippen LogP contribution in [0.4, 0.5) is 0 Å². The number of nitrogens with zero attached hydrogens (tertiary/aromatic N) is 1. The van der Waals surface area contributed by atoms with Crippen molar-refractivity contribution < 1.29 is 0 Å².